The molecule has 150 valence electrons. The molecule has 0 amide bonds. The van der Waals surface area contributed by atoms with E-state index in [9.17, 15) is 5.11 Å². The van der Waals surface area contributed by atoms with Crippen molar-refractivity contribution in [3.05, 3.63) is 94.8 Å². The molecule has 0 aromatic heterocycles. The molecular formula is C24H27ClNOPTi. The summed E-state index contributed by atoms with van der Waals surface area (Å²) in [5.41, 5.74) is 3.69. The van der Waals surface area contributed by atoms with E-state index in [1.54, 1.807) is 0 Å². The maximum absolute atomic E-state index is 10.4. The molecule has 1 N–H and O–H groups in total. The normalized spacial score (nSPS) is 11.3. The average molecular weight is 460 g/mol. The van der Waals surface area contributed by atoms with Crippen LogP contribution in [0.5, 0.6) is 5.75 Å². The molecule has 5 heteroatoms. The zero-order chi connectivity index (χ0) is 21.3. The van der Waals surface area contributed by atoms with Gasteiger partial charge in [-0.2, -0.15) is 0 Å². The van der Waals surface area contributed by atoms with Crippen molar-refractivity contribution in [2.45, 2.75) is 39.3 Å². The van der Waals surface area contributed by atoms with Crippen molar-refractivity contribution in [1.29, 1.82) is 0 Å². The second-order valence-corrected chi connectivity index (χ2v) is 9.11. The molecule has 1 unspecified atom stereocenters. The monoisotopic (exact) mass is 459 g/mol. The molecule has 0 fully saturated rings. The molecule has 0 aliphatic heterocycles. The second-order valence-electron chi connectivity index (χ2n) is 7.78. The molecule has 0 heterocycles. The Morgan fingerprint density at radius 1 is 0.862 bits per heavy atom. The van der Waals surface area contributed by atoms with Gasteiger partial charge in [-0.05, 0) is 35.0 Å². The van der Waals surface area contributed by atoms with Crippen molar-refractivity contribution >= 4 is 28.5 Å². The predicted molar refractivity (Wildman–Crippen MR) is 124 cm³/mol. The van der Waals surface area contributed by atoms with E-state index in [0.717, 1.165) is 11.7 Å². The Balaban J connectivity index is 0.00000145. The zero-order valence-corrected chi connectivity index (χ0v) is 20.4. The maximum atomic E-state index is 10.4. The van der Waals surface area contributed by atoms with Crippen LogP contribution >= 0.6 is 17.9 Å². The zero-order valence-electron chi connectivity index (χ0n) is 17.1. The first kappa shape index (κ1) is 24.1. The number of rotatable bonds is 6. The summed E-state index contributed by atoms with van der Waals surface area (Å²) in [7, 11) is 5.05. The van der Waals surface area contributed by atoms with E-state index < -0.39 is 0 Å². The van der Waals surface area contributed by atoms with E-state index in [0.29, 0.717) is 20.9 Å². The summed E-state index contributed by atoms with van der Waals surface area (Å²) in [6.45, 7) is 7.07. The second kappa shape index (κ2) is 11.9. The number of hydrogen-bond donors (Lipinski definition) is 1. The van der Waals surface area contributed by atoms with E-state index >= 15 is 0 Å². The van der Waals surface area contributed by atoms with Crippen molar-refractivity contribution in [3.8, 4) is 5.75 Å². The number of phenols is 1. The van der Waals surface area contributed by atoms with Gasteiger partial charge in [-0.3, -0.25) is 0 Å². The first-order chi connectivity index (χ1) is 13.9. The van der Waals surface area contributed by atoms with Crippen LogP contribution in [0.1, 0.15) is 37.5 Å². The molecule has 1 atom stereocenters. The van der Waals surface area contributed by atoms with Crippen molar-refractivity contribution in [3.63, 3.8) is 0 Å². The first-order valence-electron chi connectivity index (χ1n) is 9.49. The van der Waals surface area contributed by atoms with Gasteiger partial charge in [0, 0.05) is 5.30 Å². The average Bonchev–Trinajstić information content (AvgIpc) is 2.71. The van der Waals surface area contributed by atoms with E-state index in [4.69, 9.17) is 5.32 Å². The van der Waals surface area contributed by atoms with Gasteiger partial charge in [-0.25, -0.2) is 0 Å². The van der Waals surface area contributed by atoms with E-state index in [1.807, 2.05) is 18.2 Å². The van der Waals surface area contributed by atoms with Gasteiger partial charge in [-0.15, -0.1) is 12.1 Å². The summed E-state index contributed by atoms with van der Waals surface area (Å²) >= 11 is 1.47. The summed E-state index contributed by atoms with van der Waals surface area (Å²) in [5, 5.41) is 17.4. The van der Waals surface area contributed by atoms with Crippen molar-refractivity contribution in [2.24, 2.45) is 0 Å². The fourth-order valence-corrected chi connectivity index (χ4v) is 4.13. The molecule has 29 heavy (non-hydrogen) atoms. The van der Waals surface area contributed by atoms with Crippen molar-refractivity contribution in [2.75, 3.05) is 0 Å². The van der Waals surface area contributed by atoms with Gasteiger partial charge in [0.05, 0.1) is 0 Å². The Morgan fingerprint density at radius 3 is 2.21 bits per heavy atom. The number of benzene rings is 3. The van der Waals surface area contributed by atoms with Crippen molar-refractivity contribution in [1.82, 2.24) is 0 Å². The standard InChI is InChI=1S/C24H27NOP.ClH.Ti/c1-24(2,3)25-17-20-11-7-8-12-22(20)27-23-16-19(13-14-21(23)26)15-18-9-5-4-6-10-18;;/h4-14,16,26-27H,15,17H2,1-3H3;1H;/q-1;;+2/p-1. The summed E-state index contributed by atoms with van der Waals surface area (Å²) in [6.07, 6.45) is 0.875. The van der Waals surface area contributed by atoms with Crippen LogP contribution in [0.15, 0.2) is 72.8 Å². The van der Waals surface area contributed by atoms with Gasteiger partial charge in [0.1, 0.15) is 5.75 Å². The van der Waals surface area contributed by atoms with Gasteiger partial charge < -0.3 is 10.4 Å². The summed E-state index contributed by atoms with van der Waals surface area (Å²) < 4.78 is 0. The molecule has 0 bridgehead atoms. The summed E-state index contributed by atoms with van der Waals surface area (Å²) in [4.78, 5) is 0. The van der Waals surface area contributed by atoms with Crippen LogP contribution in [0.3, 0.4) is 0 Å². The number of nitrogens with zero attached hydrogens (tertiary/aromatic N) is 1. The van der Waals surface area contributed by atoms with Crippen LogP contribution < -0.4 is 10.6 Å². The molecule has 0 spiro atoms. The third kappa shape index (κ3) is 8.25. The third-order valence-corrected chi connectivity index (χ3v) is 5.75. The van der Waals surface area contributed by atoms with Crippen LogP contribution in [0, 0.1) is 0 Å². The molecule has 0 saturated carbocycles. The Bertz CT molecular complexity index is 897. The van der Waals surface area contributed by atoms with Gasteiger partial charge in [0.25, 0.3) is 0 Å². The molecular weight excluding hydrogens is 433 g/mol. The van der Waals surface area contributed by atoms with Crippen molar-refractivity contribution < 1.29 is 24.5 Å². The molecule has 3 aromatic rings. The van der Waals surface area contributed by atoms with E-state index in [-0.39, 0.29) is 5.54 Å². The number of halogens is 1. The van der Waals surface area contributed by atoms with E-state index in [1.165, 1.54) is 41.4 Å². The fraction of sp³-hybridized carbons (Fsp3) is 0.250. The molecule has 0 aliphatic carbocycles. The topological polar surface area (TPSA) is 34.3 Å². The predicted octanol–water partition coefficient (Wildman–Crippen LogP) is 5.97. The minimum absolute atomic E-state index is 0.0477. The van der Waals surface area contributed by atoms with E-state index in [2.05, 4.69) is 84.7 Å². The van der Waals surface area contributed by atoms with Crippen LogP contribution in [-0.4, -0.2) is 10.6 Å². The molecule has 3 aromatic carbocycles. The van der Waals surface area contributed by atoms with Gasteiger partial charge >= 0.3 is 28.7 Å². The first-order valence-corrected chi connectivity index (χ1v) is 12.6. The third-order valence-electron chi connectivity index (χ3n) is 4.32. The van der Waals surface area contributed by atoms with Crippen LogP contribution in [0.2, 0.25) is 0 Å². The SMILES string of the molecule is CC(C)(C)[N-]Cc1ccccc1Pc1cc(Cc2ccccc2)ccc1O.[Cl][Ti+]. The quantitative estimate of drug-likeness (QED) is 0.357. The Kier molecular flexibility index (Phi) is 9.89. The summed E-state index contributed by atoms with van der Waals surface area (Å²) in [5.74, 6) is 0.368. The Labute approximate surface area is 192 Å². The summed E-state index contributed by atoms with van der Waals surface area (Å²) in [6, 6.07) is 24.8. The molecule has 0 aliphatic rings. The number of aromatic hydroxyl groups is 1. The van der Waals surface area contributed by atoms with Crippen LogP contribution in [0.4, 0.5) is 0 Å². The number of hydrogen-bond acceptors (Lipinski definition) is 1. The molecule has 3 rings (SSSR count). The van der Waals surface area contributed by atoms with Crippen LogP contribution in [-0.2, 0) is 32.3 Å². The minimum atomic E-state index is -0.0477. The molecule has 2 nitrogen and oxygen atoms in total. The molecule has 0 saturated heterocycles. The van der Waals surface area contributed by atoms with Gasteiger partial charge in [0.15, 0.2) is 0 Å². The Morgan fingerprint density at radius 2 is 1.52 bits per heavy atom. The van der Waals surface area contributed by atoms with Crippen LogP contribution in [0.25, 0.3) is 5.32 Å². The van der Waals surface area contributed by atoms with Gasteiger partial charge in [-0.1, -0.05) is 95.6 Å². The Hall–Kier alpha value is -1.15. The molecule has 0 radical (unpaired) electrons. The number of phenolic OH excluding ortho intramolecular Hbond substituents is 1. The van der Waals surface area contributed by atoms with Gasteiger partial charge in [0.2, 0.25) is 0 Å². The fourth-order valence-electron chi connectivity index (χ4n) is 2.87.